The molecule has 0 spiro atoms. The quantitative estimate of drug-likeness (QED) is 0.720. The molecule has 2 aromatic heterocycles. The van der Waals surface area contributed by atoms with Gasteiger partial charge in [0.25, 0.3) is 0 Å². The third kappa shape index (κ3) is 3.68. The van der Waals surface area contributed by atoms with Crippen LogP contribution in [0.25, 0.3) is 11.3 Å². The van der Waals surface area contributed by atoms with Gasteiger partial charge < -0.3 is 5.32 Å². The number of nitrogens with one attached hydrogen (secondary N) is 1. The van der Waals surface area contributed by atoms with Crippen LogP contribution in [0, 0.1) is 13.8 Å². The number of nitrogens with zero attached hydrogens (tertiary/aromatic N) is 3. The van der Waals surface area contributed by atoms with Gasteiger partial charge in [-0.15, -0.1) is 11.3 Å². The number of benzene rings is 1. The first kappa shape index (κ1) is 15.9. The minimum absolute atomic E-state index is 0.0431. The Morgan fingerprint density at radius 2 is 1.83 bits per heavy atom. The molecule has 0 bridgehead atoms. The Balaban J connectivity index is 1.83. The van der Waals surface area contributed by atoms with Crippen LogP contribution in [0.2, 0.25) is 5.02 Å². The van der Waals surface area contributed by atoms with Gasteiger partial charge in [-0.2, -0.15) is 0 Å². The maximum Gasteiger partial charge on any atom is 0.223 e. The summed E-state index contributed by atoms with van der Waals surface area (Å²) in [6.45, 7) is 6.10. The lowest BCUT2D eigenvalue weighted by Crippen LogP contribution is -2.09. The van der Waals surface area contributed by atoms with Gasteiger partial charge in [-0.3, -0.25) is 0 Å². The summed E-state index contributed by atoms with van der Waals surface area (Å²) in [7, 11) is 0. The smallest absolute Gasteiger partial charge is 0.223 e. The Morgan fingerprint density at radius 3 is 2.52 bits per heavy atom. The molecule has 0 fully saturated rings. The van der Waals surface area contributed by atoms with E-state index in [1.165, 1.54) is 4.88 Å². The summed E-state index contributed by atoms with van der Waals surface area (Å²) in [6, 6.07) is 9.69. The summed E-state index contributed by atoms with van der Waals surface area (Å²) in [5.74, 6) is 0.624. The highest BCUT2D eigenvalue weighted by Crippen LogP contribution is 2.31. The predicted octanol–water partition coefficient (Wildman–Crippen LogP) is 5.04. The van der Waals surface area contributed by atoms with E-state index in [0.717, 1.165) is 27.0 Å². The van der Waals surface area contributed by atoms with Crippen LogP contribution >= 0.6 is 22.9 Å². The fourth-order valence-corrected chi connectivity index (χ4v) is 3.32. The zero-order chi connectivity index (χ0) is 16.4. The molecule has 118 valence electrons. The molecule has 1 N–H and O–H groups in total. The van der Waals surface area contributed by atoms with Crippen LogP contribution in [0.5, 0.6) is 0 Å². The Labute approximate surface area is 144 Å². The molecule has 0 radical (unpaired) electrons. The maximum atomic E-state index is 5.96. The van der Waals surface area contributed by atoms with E-state index < -0.39 is 0 Å². The summed E-state index contributed by atoms with van der Waals surface area (Å²) in [6.07, 6.45) is 1.75. The van der Waals surface area contributed by atoms with E-state index in [2.05, 4.69) is 29.1 Å². The lowest BCUT2D eigenvalue weighted by atomic mass is 10.1. The van der Waals surface area contributed by atoms with E-state index in [0.29, 0.717) is 5.95 Å². The summed E-state index contributed by atoms with van der Waals surface area (Å²) in [5, 5.41) is 5.05. The molecule has 23 heavy (non-hydrogen) atoms. The molecular weight excluding hydrogens is 328 g/mol. The topological polar surface area (TPSA) is 50.7 Å². The molecule has 4 nitrogen and oxygen atoms in total. The van der Waals surface area contributed by atoms with Gasteiger partial charge >= 0.3 is 0 Å². The van der Waals surface area contributed by atoms with Crippen molar-refractivity contribution in [2.75, 3.05) is 5.32 Å². The number of anilines is 1. The van der Waals surface area contributed by atoms with Crippen molar-refractivity contribution in [1.82, 2.24) is 15.0 Å². The molecule has 0 amide bonds. The lowest BCUT2D eigenvalue weighted by Gasteiger charge is -2.11. The van der Waals surface area contributed by atoms with Crippen LogP contribution in [-0.4, -0.2) is 15.0 Å². The second kappa shape index (κ2) is 6.64. The van der Waals surface area contributed by atoms with Gasteiger partial charge in [-0.25, -0.2) is 15.0 Å². The van der Waals surface area contributed by atoms with Gasteiger partial charge in [0.1, 0.15) is 5.01 Å². The van der Waals surface area contributed by atoms with Crippen molar-refractivity contribution in [2.45, 2.75) is 26.8 Å². The van der Waals surface area contributed by atoms with Gasteiger partial charge in [-0.05, 0) is 39.0 Å². The second-order valence-electron chi connectivity index (χ2n) is 5.35. The van der Waals surface area contributed by atoms with Crippen LogP contribution < -0.4 is 5.32 Å². The van der Waals surface area contributed by atoms with E-state index in [1.807, 2.05) is 37.3 Å². The van der Waals surface area contributed by atoms with Crippen molar-refractivity contribution in [1.29, 1.82) is 0 Å². The van der Waals surface area contributed by atoms with Gasteiger partial charge in [0.15, 0.2) is 0 Å². The number of aryl methyl sites for hydroxylation is 2. The SMILES string of the molecule is Cc1ccnc(NC(C)c2nc(-c3ccc(Cl)cc3)c(C)s2)n1. The zero-order valence-corrected chi connectivity index (χ0v) is 14.7. The molecule has 0 aliphatic carbocycles. The predicted molar refractivity (Wildman–Crippen MR) is 96.1 cm³/mol. The molecule has 1 unspecified atom stereocenters. The normalized spacial score (nSPS) is 12.2. The summed E-state index contributed by atoms with van der Waals surface area (Å²) in [4.78, 5) is 14.6. The molecule has 0 saturated carbocycles. The van der Waals surface area contributed by atoms with Crippen molar-refractivity contribution in [3.05, 3.63) is 57.1 Å². The summed E-state index contributed by atoms with van der Waals surface area (Å²) in [5.41, 5.74) is 3.01. The third-order valence-corrected chi connectivity index (χ3v) is 4.85. The van der Waals surface area contributed by atoms with E-state index in [-0.39, 0.29) is 6.04 Å². The Bertz CT molecular complexity index is 814. The Morgan fingerprint density at radius 1 is 1.09 bits per heavy atom. The number of hydrogen-bond donors (Lipinski definition) is 1. The number of halogens is 1. The molecule has 1 aromatic carbocycles. The minimum Gasteiger partial charge on any atom is -0.345 e. The molecule has 1 atom stereocenters. The van der Waals surface area contributed by atoms with Crippen LogP contribution in [0.3, 0.4) is 0 Å². The minimum atomic E-state index is 0.0431. The first-order chi connectivity index (χ1) is 11.0. The maximum absolute atomic E-state index is 5.96. The fraction of sp³-hybridized carbons (Fsp3) is 0.235. The molecule has 0 aliphatic rings. The molecule has 3 aromatic rings. The molecule has 6 heteroatoms. The number of aromatic nitrogens is 3. The first-order valence-electron chi connectivity index (χ1n) is 7.32. The lowest BCUT2D eigenvalue weighted by molar-refractivity contribution is 0.846. The summed E-state index contributed by atoms with van der Waals surface area (Å²) < 4.78 is 0. The van der Waals surface area contributed by atoms with Crippen molar-refractivity contribution in [2.24, 2.45) is 0 Å². The van der Waals surface area contributed by atoms with Crippen molar-refractivity contribution in [3.8, 4) is 11.3 Å². The Kier molecular flexibility index (Phi) is 4.59. The summed E-state index contributed by atoms with van der Waals surface area (Å²) >= 11 is 7.64. The van der Waals surface area contributed by atoms with Crippen LogP contribution in [0.1, 0.15) is 28.5 Å². The van der Waals surface area contributed by atoms with Crippen LogP contribution in [-0.2, 0) is 0 Å². The molecular formula is C17H17ClN4S. The van der Waals surface area contributed by atoms with E-state index in [1.54, 1.807) is 17.5 Å². The van der Waals surface area contributed by atoms with Gasteiger partial charge in [0.2, 0.25) is 5.95 Å². The standard InChI is InChI=1S/C17H17ClN4S/c1-10-8-9-19-17(20-10)21-11(2)16-22-15(12(3)23-16)13-4-6-14(18)7-5-13/h4-9,11H,1-3H3,(H,19,20,21). The monoisotopic (exact) mass is 344 g/mol. The average Bonchev–Trinajstić information content (AvgIpc) is 2.90. The Hall–Kier alpha value is -1.98. The third-order valence-electron chi connectivity index (χ3n) is 3.44. The molecule has 2 heterocycles. The highest BCUT2D eigenvalue weighted by atomic mass is 35.5. The van der Waals surface area contributed by atoms with E-state index in [4.69, 9.17) is 16.6 Å². The fourth-order valence-electron chi connectivity index (χ4n) is 2.25. The number of rotatable bonds is 4. The number of hydrogen-bond acceptors (Lipinski definition) is 5. The van der Waals surface area contributed by atoms with Crippen LogP contribution in [0.4, 0.5) is 5.95 Å². The highest BCUT2D eigenvalue weighted by Gasteiger charge is 2.15. The van der Waals surface area contributed by atoms with Gasteiger partial charge in [-0.1, -0.05) is 23.7 Å². The van der Waals surface area contributed by atoms with Crippen LogP contribution in [0.15, 0.2) is 36.5 Å². The van der Waals surface area contributed by atoms with Gasteiger partial charge in [0, 0.05) is 27.4 Å². The van der Waals surface area contributed by atoms with E-state index in [9.17, 15) is 0 Å². The highest BCUT2D eigenvalue weighted by molar-refractivity contribution is 7.12. The van der Waals surface area contributed by atoms with Crippen molar-refractivity contribution >= 4 is 28.9 Å². The second-order valence-corrected chi connectivity index (χ2v) is 7.02. The average molecular weight is 345 g/mol. The van der Waals surface area contributed by atoms with E-state index >= 15 is 0 Å². The molecule has 3 rings (SSSR count). The van der Waals surface area contributed by atoms with Crippen molar-refractivity contribution < 1.29 is 0 Å². The molecule has 0 saturated heterocycles. The number of thiazole rings is 1. The van der Waals surface area contributed by atoms with Crippen molar-refractivity contribution in [3.63, 3.8) is 0 Å². The zero-order valence-electron chi connectivity index (χ0n) is 13.2. The van der Waals surface area contributed by atoms with Gasteiger partial charge in [0.05, 0.1) is 11.7 Å². The first-order valence-corrected chi connectivity index (χ1v) is 8.52. The molecule has 0 aliphatic heterocycles. The largest absolute Gasteiger partial charge is 0.345 e.